The van der Waals surface area contributed by atoms with Crippen LogP contribution >= 0.6 is 0 Å². The van der Waals surface area contributed by atoms with Crippen LogP contribution in [-0.4, -0.2) is 42.2 Å². The van der Waals surface area contributed by atoms with Crippen LogP contribution in [0.2, 0.25) is 0 Å². The lowest BCUT2D eigenvalue weighted by molar-refractivity contribution is 0.0784. The van der Waals surface area contributed by atoms with E-state index in [0.717, 1.165) is 11.4 Å². The second-order valence-corrected chi connectivity index (χ2v) is 5.06. The van der Waals surface area contributed by atoms with Crippen LogP contribution in [0.3, 0.4) is 0 Å². The van der Waals surface area contributed by atoms with Gasteiger partial charge in [0.15, 0.2) is 0 Å². The summed E-state index contributed by atoms with van der Waals surface area (Å²) in [7, 11) is 3.61. The van der Waals surface area contributed by atoms with Gasteiger partial charge in [-0.15, -0.1) is 0 Å². The summed E-state index contributed by atoms with van der Waals surface area (Å²) in [5, 5.41) is 4.10. The number of aryl methyl sites for hydroxylation is 1. The first-order valence-corrected chi connectivity index (χ1v) is 6.81. The summed E-state index contributed by atoms with van der Waals surface area (Å²) in [6, 6.07) is 3.57. The van der Waals surface area contributed by atoms with Gasteiger partial charge in [-0.25, -0.2) is 9.97 Å². The third-order valence-corrected chi connectivity index (χ3v) is 3.29. The minimum Gasteiger partial charge on any atom is -0.337 e. The molecule has 7 heteroatoms. The van der Waals surface area contributed by atoms with Crippen molar-refractivity contribution < 1.29 is 4.79 Å². The van der Waals surface area contributed by atoms with Gasteiger partial charge in [-0.2, -0.15) is 5.10 Å². The van der Waals surface area contributed by atoms with E-state index in [0.29, 0.717) is 12.1 Å². The number of aromatic nitrogens is 5. The van der Waals surface area contributed by atoms with E-state index in [1.165, 1.54) is 0 Å². The Morgan fingerprint density at radius 2 is 2.18 bits per heavy atom. The van der Waals surface area contributed by atoms with Gasteiger partial charge in [0.05, 0.1) is 11.8 Å². The molecule has 0 atom stereocenters. The van der Waals surface area contributed by atoms with Crippen molar-refractivity contribution in [3.8, 4) is 5.82 Å². The topological polar surface area (TPSA) is 68.8 Å². The molecule has 0 saturated heterocycles. The Balaban J connectivity index is 1.71. The molecule has 22 heavy (non-hydrogen) atoms. The van der Waals surface area contributed by atoms with E-state index in [-0.39, 0.29) is 5.91 Å². The summed E-state index contributed by atoms with van der Waals surface area (Å²) < 4.78 is 3.50. The normalized spacial score (nSPS) is 10.6. The maximum Gasteiger partial charge on any atom is 0.255 e. The second-order valence-electron chi connectivity index (χ2n) is 5.06. The molecule has 0 bridgehead atoms. The fourth-order valence-electron chi connectivity index (χ4n) is 2.18. The van der Waals surface area contributed by atoms with Crippen molar-refractivity contribution >= 4 is 5.91 Å². The highest BCUT2D eigenvalue weighted by Gasteiger charge is 2.13. The molecular weight excluding hydrogens is 280 g/mol. The Bertz CT molecular complexity index is 760. The van der Waals surface area contributed by atoms with Crippen molar-refractivity contribution in [1.82, 2.24) is 29.2 Å². The predicted molar refractivity (Wildman–Crippen MR) is 80.4 cm³/mol. The zero-order chi connectivity index (χ0) is 15.5. The first-order valence-electron chi connectivity index (χ1n) is 6.81. The first-order chi connectivity index (χ1) is 10.6. The zero-order valence-electron chi connectivity index (χ0n) is 12.4. The number of hydrogen-bond donors (Lipinski definition) is 0. The van der Waals surface area contributed by atoms with Crippen LogP contribution in [0.4, 0.5) is 0 Å². The highest BCUT2D eigenvalue weighted by Crippen LogP contribution is 2.09. The highest BCUT2D eigenvalue weighted by molar-refractivity contribution is 5.93. The van der Waals surface area contributed by atoms with E-state index in [9.17, 15) is 4.79 Å². The molecule has 0 saturated carbocycles. The third kappa shape index (κ3) is 2.88. The van der Waals surface area contributed by atoms with E-state index >= 15 is 0 Å². The molecule has 1 amide bonds. The van der Waals surface area contributed by atoms with Crippen LogP contribution < -0.4 is 0 Å². The van der Waals surface area contributed by atoms with Crippen LogP contribution in [0.25, 0.3) is 5.82 Å². The molecule has 112 valence electrons. The van der Waals surface area contributed by atoms with E-state index in [1.807, 2.05) is 13.2 Å². The molecular formula is C15H16N6O. The SMILES string of the molecule is CN(Cc1cnn(C)c1)C(=O)c1ccc(-n2ccnc2)nc1. The molecule has 0 aliphatic carbocycles. The van der Waals surface area contributed by atoms with Crippen LogP contribution in [0.15, 0.2) is 49.4 Å². The average Bonchev–Trinajstić information content (AvgIpc) is 3.18. The van der Waals surface area contributed by atoms with E-state index in [2.05, 4.69) is 15.1 Å². The summed E-state index contributed by atoms with van der Waals surface area (Å²) in [5.74, 6) is 0.650. The lowest BCUT2D eigenvalue weighted by atomic mass is 10.2. The van der Waals surface area contributed by atoms with Crippen molar-refractivity contribution in [3.05, 3.63) is 60.6 Å². The molecule has 0 N–H and O–H groups in total. The summed E-state index contributed by atoms with van der Waals surface area (Å²) in [4.78, 5) is 22.3. The summed E-state index contributed by atoms with van der Waals surface area (Å²) >= 11 is 0. The largest absolute Gasteiger partial charge is 0.337 e. The number of imidazole rings is 1. The fourth-order valence-corrected chi connectivity index (χ4v) is 2.18. The molecule has 0 aliphatic heterocycles. The van der Waals surface area contributed by atoms with Gasteiger partial charge >= 0.3 is 0 Å². The number of hydrogen-bond acceptors (Lipinski definition) is 4. The smallest absolute Gasteiger partial charge is 0.255 e. The number of amides is 1. The number of pyridine rings is 1. The number of nitrogens with zero attached hydrogens (tertiary/aromatic N) is 6. The Morgan fingerprint density at radius 1 is 1.32 bits per heavy atom. The van der Waals surface area contributed by atoms with Gasteiger partial charge in [-0.3, -0.25) is 14.0 Å². The van der Waals surface area contributed by atoms with E-state index < -0.39 is 0 Å². The van der Waals surface area contributed by atoms with Gasteiger partial charge in [0.25, 0.3) is 5.91 Å². The summed E-state index contributed by atoms with van der Waals surface area (Å²) in [6.07, 6.45) is 10.4. The fraction of sp³-hybridized carbons (Fsp3) is 0.200. The first kappa shape index (κ1) is 14.0. The number of carbonyl (C=O) groups is 1. The van der Waals surface area contributed by atoms with Gasteiger partial charge in [0, 0.05) is 51.0 Å². The molecule has 3 aromatic heterocycles. The Labute approximate surface area is 127 Å². The summed E-state index contributed by atoms with van der Waals surface area (Å²) in [5.41, 5.74) is 1.54. The molecule has 3 heterocycles. The Hall–Kier alpha value is -2.96. The van der Waals surface area contributed by atoms with Crippen molar-refractivity contribution in [2.24, 2.45) is 7.05 Å². The summed E-state index contributed by atoms with van der Waals surface area (Å²) in [6.45, 7) is 0.510. The van der Waals surface area contributed by atoms with Crippen molar-refractivity contribution in [3.63, 3.8) is 0 Å². The zero-order valence-corrected chi connectivity index (χ0v) is 12.4. The molecule has 3 rings (SSSR count). The molecule has 7 nitrogen and oxygen atoms in total. The molecule has 0 radical (unpaired) electrons. The van der Waals surface area contributed by atoms with Gasteiger partial charge in [-0.05, 0) is 12.1 Å². The molecule has 0 fully saturated rings. The van der Waals surface area contributed by atoms with Crippen molar-refractivity contribution in [2.75, 3.05) is 7.05 Å². The van der Waals surface area contributed by atoms with Crippen LogP contribution in [0, 0.1) is 0 Å². The Kier molecular flexibility index (Phi) is 3.69. The van der Waals surface area contributed by atoms with E-state index in [1.54, 1.807) is 64.4 Å². The van der Waals surface area contributed by atoms with Gasteiger partial charge in [-0.1, -0.05) is 0 Å². The van der Waals surface area contributed by atoms with Crippen LogP contribution in [0.5, 0.6) is 0 Å². The highest BCUT2D eigenvalue weighted by atomic mass is 16.2. The van der Waals surface area contributed by atoms with Crippen molar-refractivity contribution in [1.29, 1.82) is 0 Å². The second kappa shape index (κ2) is 5.80. The molecule has 0 aliphatic rings. The van der Waals surface area contributed by atoms with Crippen molar-refractivity contribution in [2.45, 2.75) is 6.54 Å². The third-order valence-electron chi connectivity index (χ3n) is 3.29. The van der Waals surface area contributed by atoms with Gasteiger partial charge in [0.1, 0.15) is 12.1 Å². The van der Waals surface area contributed by atoms with Gasteiger partial charge in [0.2, 0.25) is 0 Å². The maximum atomic E-state index is 12.4. The number of rotatable bonds is 4. The average molecular weight is 296 g/mol. The minimum absolute atomic E-state index is 0.0754. The predicted octanol–water partition coefficient (Wildman–Crippen LogP) is 1.27. The maximum absolute atomic E-state index is 12.4. The van der Waals surface area contributed by atoms with Crippen LogP contribution in [0.1, 0.15) is 15.9 Å². The van der Waals surface area contributed by atoms with Gasteiger partial charge < -0.3 is 4.90 Å². The minimum atomic E-state index is -0.0754. The van der Waals surface area contributed by atoms with E-state index in [4.69, 9.17) is 0 Å². The van der Waals surface area contributed by atoms with Crippen LogP contribution in [-0.2, 0) is 13.6 Å². The monoisotopic (exact) mass is 296 g/mol. The quantitative estimate of drug-likeness (QED) is 0.727. The molecule has 0 aromatic carbocycles. The number of carbonyl (C=O) groups excluding carboxylic acids is 1. The molecule has 0 unspecified atom stereocenters. The molecule has 0 spiro atoms. The molecule has 3 aromatic rings. The Morgan fingerprint density at radius 3 is 2.77 bits per heavy atom. The standard InChI is InChI=1S/C15H16N6O/c1-19(9-12-7-18-20(2)10-12)15(22)13-3-4-14(17-8-13)21-6-5-16-11-21/h3-8,10-11H,9H2,1-2H3. The lowest BCUT2D eigenvalue weighted by Crippen LogP contribution is -2.26. The lowest BCUT2D eigenvalue weighted by Gasteiger charge is -2.16.